The number of nitrogens with one attached hydrogen (secondary N) is 1. The Hall–Kier alpha value is -1.07. The van der Waals surface area contributed by atoms with E-state index in [0.717, 1.165) is 13.1 Å². The van der Waals surface area contributed by atoms with Crippen molar-refractivity contribution in [1.82, 2.24) is 4.90 Å². The first-order valence-corrected chi connectivity index (χ1v) is 8.57. The van der Waals surface area contributed by atoms with E-state index in [9.17, 15) is 0 Å². The van der Waals surface area contributed by atoms with E-state index >= 15 is 0 Å². The Bertz CT molecular complexity index is 597. The van der Waals surface area contributed by atoms with Gasteiger partial charge in [0.2, 0.25) is 0 Å². The molecule has 2 aromatic carbocycles. The number of rotatable bonds is 4. The highest BCUT2D eigenvalue weighted by Gasteiger charge is 2.22. The van der Waals surface area contributed by atoms with Crippen molar-refractivity contribution in [3.05, 3.63) is 63.2 Å². The summed E-state index contributed by atoms with van der Waals surface area (Å²) in [4.78, 5) is 2.54. The molecule has 1 unspecified atom stereocenters. The van der Waals surface area contributed by atoms with Gasteiger partial charge in [-0.2, -0.15) is 0 Å². The Kier molecular flexibility index (Phi) is 4.80. The fourth-order valence-electron chi connectivity index (χ4n) is 2.91. The molecule has 21 heavy (non-hydrogen) atoms. The summed E-state index contributed by atoms with van der Waals surface area (Å²) in [6.45, 7) is 5.54. The number of halogens is 1. The van der Waals surface area contributed by atoms with Crippen molar-refractivity contribution < 1.29 is 0 Å². The summed E-state index contributed by atoms with van der Waals surface area (Å²) in [5.74, 6) is 0. The standard InChI is InChI=1S/C18H21IN2/c1-14-7-8-16(19)11-18(14)20-17-9-10-21(13-17)12-15-5-3-2-4-6-15/h2-8,11,17,20H,9-10,12-13H2,1H3. The predicted molar refractivity (Wildman–Crippen MR) is 97.6 cm³/mol. The number of aryl methyl sites for hydroxylation is 1. The zero-order valence-electron chi connectivity index (χ0n) is 12.3. The lowest BCUT2D eigenvalue weighted by Crippen LogP contribution is -2.26. The van der Waals surface area contributed by atoms with Crippen molar-refractivity contribution in [3.8, 4) is 0 Å². The van der Waals surface area contributed by atoms with Crippen molar-refractivity contribution in [2.75, 3.05) is 18.4 Å². The van der Waals surface area contributed by atoms with Gasteiger partial charge < -0.3 is 5.32 Å². The summed E-state index contributed by atoms with van der Waals surface area (Å²) < 4.78 is 1.29. The van der Waals surface area contributed by atoms with Crippen LogP contribution in [0.3, 0.4) is 0 Å². The van der Waals surface area contributed by atoms with Gasteiger partial charge in [-0.05, 0) is 59.2 Å². The molecule has 3 rings (SSSR count). The van der Waals surface area contributed by atoms with Crippen molar-refractivity contribution in [2.45, 2.75) is 25.9 Å². The Morgan fingerprint density at radius 1 is 1.19 bits per heavy atom. The maximum Gasteiger partial charge on any atom is 0.0400 e. The smallest absolute Gasteiger partial charge is 0.0400 e. The van der Waals surface area contributed by atoms with Gasteiger partial charge in [-0.1, -0.05) is 36.4 Å². The Morgan fingerprint density at radius 2 is 2.00 bits per heavy atom. The molecule has 1 aliphatic rings. The molecule has 0 bridgehead atoms. The van der Waals surface area contributed by atoms with E-state index in [1.165, 1.54) is 33.4 Å². The van der Waals surface area contributed by atoms with Gasteiger partial charge in [-0.25, -0.2) is 0 Å². The minimum absolute atomic E-state index is 0.561. The van der Waals surface area contributed by atoms with Crippen LogP contribution in [0.4, 0.5) is 5.69 Å². The summed E-state index contributed by atoms with van der Waals surface area (Å²) in [6.07, 6.45) is 1.22. The van der Waals surface area contributed by atoms with Crippen LogP contribution in [0.5, 0.6) is 0 Å². The first kappa shape index (κ1) is 14.9. The van der Waals surface area contributed by atoms with E-state index < -0.39 is 0 Å². The summed E-state index contributed by atoms with van der Waals surface area (Å²) in [5.41, 5.74) is 4.02. The second-order valence-corrected chi connectivity index (χ2v) is 7.06. The third kappa shape index (κ3) is 3.98. The van der Waals surface area contributed by atoms with Crippen LogP contribution < -0.4 is 5.32 Å². The van der Waals surface area contributed by atoms with Crippen molar-refractivity contribution in [3.63, 3.8) is 0 Å². The van der Waals surface area contributed by atoms with Crippen LogP contribution in [-0.4, -0.2) is 24.0 Å². The lowest BCUT2D eigenvalue weighted by Gasteiger charge is -2.18. The molecule has 2 nitrogen and oxygen atoms in total. The molecule has 0 spiro atoms. The summed E-state index contributed by atoms with van der Waals surface area (Å²) >= 11 is 2.38. The molecule has 3 heteroatoms. The molecule has 0 aliphatic carbocycles. The topological polar surface area (TPSA) is 15.3 Å². The van der Waals surface area contributed by atoms with Crippen LogP contribution in [0.15, 0.2) is 48.5 Å². The second kappa shape index (κ2) is 6.79. The SMILES string of the molecule is Cc1ccc(I)cc1NC1CCN(Cc2ccccc2)C1. The molecule has 1 atom stereocenters. The van der Waals surface area contributed by atoms with Crippen LogP contribution in [0.25, 0.3) is 0 Å². The first-order chi connectivity index (χ1) is 10.2. The fraction of sp³-hybridized carbons (Fsp3) is 0.333. The maximum absolute atomic E-state index is 3.72. The molecule has 1 aliphatic heterocycles. The van der Waals surface area contributed by atoms with Gasteiger partial charge in [0.15, 0.2) is 0 Å². The summed E-state index contributed by atoms with van der Waals surface area (Å²) in [7, 11) is 0. The summed E-state index contributed by atoms with van der Waals surface area (Å²) in [5, 5.41) is 3.72. The average Bonchev–Trinajstić information content (AvgIpc) is 2.91. The molecule has 1 N–H and O–H groups in total. The molecular weight excluding hydrogens is 371 g/mol. The Balaban J connectivity index is 1.58. The van der Waals surface area contributed by atoms with Crippen molar-refractivity contribution in [2.24, 2.45) is 0 Å². The highest BCUT2D eigenvalue weighted by molar-refractivity contribution is 14.1. The van der Waals surface area contributed by atoms with Crippen LogP contribution in [-0.2, 0) is 6.54 Å². The van der Waals surface area contributed by atoms with Gasteiger partial charge in [0, 0.05) is 34.9 Å². The number of hydrogen-bond donors (Lipinski definition) is 1. The fourth-order valence-corrected chi connectivity index (χ4v) is 3.40. The van der Waals surface area contributed by atoms with Gasteiger partial charge in [0.1, 0.15) is 0 Å². The second-order valence-electron chi connectivity index (χ2n) is 5.81. The van der Waals surface area contributed by atoms with Gasteiger partial charge in [0.25, 0.3) is 0 Å². The number of likely N-dealkylation sites (tertiary alicyclic amines) is 1. The highest BCUT2D eigenvalue weighted by Crippen LogP contribution is 2.22. The largest absolute Gasteiger partial charge is 0.381 e. The molecule has 110 valence electrons. The highest BCUT2D eigenvalue weighted by atomic mass is 127. The minimum Gasteiger partial charge on any atom is -0.381 e. The van der Waals surface area contributed by atoms with E-state index in [4.69, 9.17) is 0 Å². The molecule has 1 fully saturated rings. The first-order valence-electron chi connectivity index (χ1n) is 7.50. The Morgan fingerprint density at radius 3 is 2.81 bits per heavy atom. The van der Waals surface area contributed by atoms with E-state index in [2.05, 4.69) is 88.3 Å². The number of benzene rings is 2. The third-order valence-electron chi connectivity index (χ3n) is 4.08. The zero-order chi connectivity index (χ0) is 14.7. The van der Waals surface area contributed by atoms with E-state index in [-0.39, 0.29) is 0 Å². The predicted octanol–water partition coefficient (Wildman–Crippen LogP) is 4.29. The molecule has 0 radical (unpaired) electrons. The average molecular weight is 392 g/mol. The molecule has 2 aromatic rings. The molecule has 0 amide bonds. The van der Waals surface area contributed by atoms with E-state index in [1.807, 2.05) is 0 Å². The van der Waals surface area contributed by atoms with Gasteiger partial charge in [-0.3, -0.25) is 4.90 Å². The van der Waals surface area contributed by atoms with Crippen LogP contribution >= 0.6 is 22.6 Å². The van der Waals surface area contributed by atoms with Gasteiger partial charge >= 0.3 is 0 Å². The zero-order valence-corrected chi connectivity index (χ0v) is 14.5. The maximum atomic E-state index is 3.72. The monoisotopic (exact) mass is 392 g/mol. The van der Waals surface area contributed by atoms with E-state index in [1.54, 1.807) is 0 Å². The van der Waals surface area contributed by atoms with Crippen molar-refractivity contribution in [1.29, 1.82) is 0 Å². The molecule has 0 aromatic heterocycles. The molecule has 0 saturated carbocycles. The third-order valence-corrected chi connectivity index (χ3v) is 4.75. The van der Waals surface area contributed by atoms with Gasteiger partial charge in [0.05, 0.1) is 0 Å². The molecular formula is C18H21IN2. The van der Waals surface area contributed by atoms with Gasteiger partial charge in [-0.15, -0.1) is 0 Å². The lowest BCUT2D eigenvalue weighted by atomic mass is 10.1. The molecule has 1 heterocycles. The lowest BCUT2D eigenvalue weighted by molar-refractivity contribution is 0.328. The van der Waals surface area contributed by atoms with E-state index in [0.29, 0.717) is 6.04 Å². The quantitative estimate of drug-likeness (QED) is 0.782. The number of anilines is 1. The molecule has 1 saturated heterocycles. The van der Waals surface area contributed by atoms with Crippen molar-refractivity contribution >= 4 is 28.3 Å². The van der Waals surface area contributed by atoms with Crippen LogP contribution in [0.1, 0.15) is 17.5 Å². The Labute approximate surface area is 140 Å². The van der Waals surface area contributed by atoms with Crippen LogP contribution in [0, 0.1) is 10.5 Å². The normalized spacial score (nSPS) is 18.9. The number of hydrogen-bond acceptors (Lipinski definition) is 2. The number of nitrogens with zero attached hydrogens (tertiary/aromatic N) is 1. The summed E-state index contributed by atoms with van der Waals surface area (Å²) in [6, 6.07) is 17.9. The minimum atomic E-state index is 0.561. The van der Waals surface area contributed by atoms with Crippen LogP contribution in [0.2, 0.25) is 0 Å².